The highest BCUT2D eigenvalue weighted by molar-refractivity contribution is 5.80. The van der Waals surface area contributed by atoms with Gasteiger partial charge in [0, 0.05) is 32.2 Å². The van der Waals surface area contributed by atoms with E-state index in [1.807, 2.05) is 13.8 Å². The van der Waals surface area contributed by atoms with E-state index in [0.717, 1.165) is 32.7 Å². The summed E-state index contributed by atoms with van der Waals surface area (Å²) in [5, 5.41) is 3.27. The molecule has 1 aliphatic rings. The monoisotopic (exact) mass is 271 g/mol. The number of likely N-dealkylation sites (N-methyl/N-ethyl adjacent to an activating group) is 2. The number of carbonyl (C=O) groups is 1. The van der Waals surface area contributed by atoms with Gasteiger partial charge in [0.1, 0.15) is 5.54 Å². The molecule has 1 N–H and O–H groups in total. The van der Waals surface area contributed by atoms with Crippen LogP contribution in [0.1, 0.15) is 27.7 Å². The van der Waals surface area contributed by atoms with Crippen LogP contribution in [0.15, 0.2) is 0 Å². The first-order valence-corrected chi connectivity index (χ1v) is 7.26. The van der Waals surface area contributed by atoms with Crippen molar-refractivity contribution in [2.75, 3.05) is 46.4 Å². The summed E-state index contributed by atoms with van der Waals surface area (Å²) < 4.78 is 4.94. The number of esters is 1. The normalized spacial score (nSPS) is 25.0. The van der Waals surface area contributed by atoms with E-state index < -0.39 is 5.54 Å². The minimum Gasteiger partial charge on any atom is -0.468 e. The summed E-state index contributed by atoms with van der Waals surface area (Å²) in [6.07, 6.45) is 0. The van der Waals surface area contributed by atoms with Crippen molar-refractivity contribution in [2.24, 2.45) is 0 Å². The highest BCUT2D eigenvalue weighted by Crippen LogP contribution is 2.14. The molecule has 1 rings (SSSR count). The fourth-order valence-electron chi connectivity index (χ4n) is 2.94. The number of rotatable bonds is 6. The van der Waals surface area contributed by atoms with E-state index in [2.05, 4.69) is 29.0 Å². The van der Waals surface area contributed by atoms with Gasteiger partial charge in [0.2, 0.25) is 0 Å². The molecule has 1 aliphatic heterocycles. The zero-order valence-electron chi connectivity index (χ0n) is 13.0. The van der Waals surface area contributed by atoms with Crippen LogP contribution in [0, 0.1) is 0 Å². The quantitative estimate of drug-likeness (QED) is 0.715. The SMILES string of the molecule is CCNC(C)(CN1CCN(CC)C(C)C1)C(=O)OC. The molecule has 5 nitrogen and oxygen atoms in total. The van der Waals surface area contributed by atoms with Gasteiger partial charge < -0.3 is 10.1 Å². The topological polar surface area (TPSA) is 44.8 Å². The number of hydrogen-bond donors (Lipinski definition) is 1. The molecule has 19 heavy (non-hydrogen) atoms. The molecule has 2 atom stereocenters. The zero-order valence-corrected chi connectivity index (χ0v) is 13.0. The number of piperazine rings is 1. The summed E-state index contributed by atoms with van der Waals surface area (Å²) in [6.45, 7) is 14.0. The van der Waals surface area contributed by atoms with Gasteiger partial charge in [0.15, 0.2) is 0 Å². The maximum Gasteiger partial charge on any atom is 0.327 e. The van der Waals surface area contributed by atoms with E-state index >= 15 is 0 Å². The van der Waals surface area contributed by atoms with E-state index in [4.69, 9.17) is 4.74 Å². The van der Waals surface area contributed by atoms with Crippen LogP contribution < -0.4 is 5.32 Å². The number of hydrogen-bond acceptors (Lipinski definition) is 5. The summed E-state index contributed by atoms with van der Waals surface area (Å²) >= 11 is 0. The van der Waals surface area contributed by atoms with Crippen LogP contribution >= 0.6 is 0 Å². The van der Waals surface area contributed by atoms with E-state index in [0.29, 0.717) is 12.6 Å². The molecule has 0 radical (unpaired) electrons. The Hall–Kier alpha value is -0.650. The molecule has 1 heterocycles. The van der Waals surface area contributed by atoms with Crippen LogP contribution in [-0.4, -0.2) is 73.7 Å². The van der Waals surface area contributed by atoms with E-state index in [1.165, 1.54) is 7.11 Å². The second-order valence-electron chi connectivity index (χ2n) is 5.57. The van der Waals surface area contributed by atoms with Gasteiger partial charge in [-0.05, 0) is 26.9 Å². The first-order chi connectivity index (χ1) is 8.96. The summed E-state index contributed by atoms with van der Waals surface area (Å²) in [6, 6.07) is 0.544. The smallest absolute Gasteiger partial charge is 0.327 e. The van der Waals surface area contributed by atoms with Crippen LogP contribution in [-0.2, 0) is 9.53 Å². The van der Waals surface area contributed by atoms with Crippen LogP contribution in [0.2, 0.25) is 0 Å². The lowest BCUT2D eigenvalue weighted by atomic mass is 10.0. The second-order valence-corrected chi connectivity index (χ2v) is 5.57. The molecule has 2 unspecified atom stereocenters. The van der Waals surface area contributed by atoms with Gasteiger partial charge in [-0.3, -0.25) is 14.6 Å². The van der Waals surface area contributed by atoms with Crippen LogP contribution in [0.5, 0.6) is 0 Å². The summed E-state index contributed by atoms with van der Waals surface area (Å²) in [4.78, 5) is 16.8. The summed E-state index contributed by atoms with van der Waals surface area (Å²) in [5.41, 5.74) is -0.613. The zero-order chi connectivity index (χ0) is 14.5. The molecule has 1 fully saturated rings. The molecule has 0 spiro atoms. The first-order valence-electron chi connectivity index (χ1n) is 7.26. The highest BCUT2D eigenvalue weighted by Gasteiger charge is 2.37. The van der Waals surface area contributed by atoms with E-state index in [9.17, 15) is 4.79 Å². The third-order valence-electron chi connectivity index (χ3n) is 4.00. The minimum absolute atomic E-state index is 0.181. The molecule has 5 heteroatoms. The van der Waals surface area contributed by atoms with Crippen molar-refractivity contribution in [3.05, 3.63) is 0 Å². The molecule has 112 valence electrons. The van der Waals surface area contributed by atoms with Gasteiger partial charge in [-0.25, -0.2) is 0 Å². The molecule has 0 aromatic heterocycles. The molecule has 0 amide bonds. The Morgan fingerprint density at radius 2 is 2.11 bits per heavy atom. The van der Waals surface area contributed by atoms with E-state index in [-0.39, 0.29) is 5.97 Å². The molecule has 1 saturated heterocycles. The Morgan fingerprint density at radius 1 is 1.42 bits per heavy atom. The fourth-order valence-corrected chi connectivity index (χ4v) is 2.94. The van der Waals surface area contributed by atoms with Crippen LogP contribution in [0.4, 0.5) is 0 Å². The number of methoxy groups -OCH3 is 1. The third kappa shape index (κ3) is 4.16. The molecule has 0 aromatic carbocycles. The van der Waals surface area contributed by atoms with Gasteiger partial charge in [-0.15, -0.1) is 0 Å². The van der Waals surface area contributed by atoms with Crippen molar-refractivity contribution < 1.29 is 9.53 Å². The Kier molecular flexibility index (Phi) is 6.23. The average Bonchev–Trinajstić information content (AvgIpc) is 2.38. The fraction of sp³-hybridized carbons (Fsp3) is 0.929. The molecule has 0 aromatic rings. The number of nitrogens with zero attached hydrogens (tertiary/aromatic N) is 2. The number of carbonyl (C=O) groups excluding carboxylic acids is 1. The standard InChI is InChI=1S/C14H29N3O2/c1-6-15-14(4,13(18)19-5)11-16-8-9-17(7-2)12(3)10-16/h12,15H,6-11H2,1-5H3. The second kappa shape index (κ2) is 7.22. The Bertz CT molecular complexity index is 298. The van der Waals surface area contributed by atoms with Crippen molar-refractivity contribution in [3.63, 3.8) is 0 Å². The van der Waals surface area contributed by atoms with E-state index in [1.54, 1.807) is 0 Å². The van der Waals surface area contributed by atoms with Crippen molar-refractivity contribution in [2.45, 2.75) is 39.3 Å². The van der Waals surface area contributed by atoms with Gasteiger partial charge in [-0.1, -0.05) is 13.8 Å². The third-order valence-corrected chi connectivity index (χ3v) is 4.00. The van der Waals surface area contributed by atoms with Crippen molar-refractivity contribution in [1.29, 1.82) is 0 Å². The predicted octanol–water partition coefficient (Wildman–Crippen LogP) is 0.554. The molecule has 0 saturated carbocycles. The number of ether oxygens (including phenoxy) is 1. The molecular formula is C14H29N3O2. The maximum atomic E-state index is 12.0. The number of nitrogens with one attached hydrogen (secondary N) is 1. The Morgan fingerprint density at radius 3 is 2.58 bits per heavy atom. The summed E-state index contributed by atoms with van der Waals surface area (Å²) in [5.74, 6) is -0.181. The molecular weight excluding hydrogens is 242 g/mol. The lowest BCUT2D eigenvalue weighted by molar-refractivity contribution is -0.149. The molecule has 0 bridgehead atoms. The predicted molar refractivity (Wildman–Crippen MR) is 77.2 cm³/mol. The Labute approximate surface area is 117 Å². The van der Waals surface area contributed by atoms with Crippen molar-refractivity contribution >= 4 is 5.97 Å². The lowest BCUT2D eigenvalue weighted by Crippen LogP contribution is -2.61. The minimum atomic E-state index is -0.613. The van der Waals surface area contributed by atoms with Crippen molar-refractivity contribution in [3.8, 4) is 0 Å². The lowest BCUT2D eigenvalue weighted by Gasteiger charge is -2.42. The Balaban J connectivity index is 2.63. The largest absolute Gasteiger partial charge is 0.468 e. The maximum absolute atomic E-state index is 12.0. The highest BCUT2D eigenvalue weighted by atomic mass is 16.5. The molecule has 0 aliphatic carbocycles. The van der Waals surface area contributed by atoms with Gasteiger partial charge >= 0.3 is 5.97 Å². The van der Waals surface area contributed by atoms with Gasteiger partial charge in [0.05, 0.1) is 7.11 Å². The van der Waals surface area contributed by atoms with Crippen molar-refractivity contribution in [1.82, 2.24) is 15.1 Å². The van der Waals surface area contributed by atoms with Crippen LogP contribution in [0.3, 0.4) is 0 Å². The average molecular weight is 271 g/mol. The van der Waals surface area contributed by atoms with Gasteiger partial charge in [-0.2, -0.15) is 0 Å². The van der Waals surface area contributed by atoms with Crippen LogP contribution in [0.25, 0.3) is 0 Å². The first kappa shape index (κ1) is 16.4. The summed E-state index contributed by atoms with van der Waals surface area (Å²) in [7, 11) is 1.45. The van der Waals surface area contributed by atoms with Gasteiger partial charge in [0.25, 0.3) is 0 Å².